The van der Waals surface area contributed by atoms with E-state index in [-0.39, 0.29) is 25.2 Å². The maximum atomic E-state index is 10.8. The molecule has 7 nitrogen and oxygen atoms in total. The summed E-state index contributed by atoms with van der Waals surface area (Å²) in [6.07, 6.45) is 0.0544. The molecule has 0 atom stereocenters. The molecule has 0 aliphatic carbocycles. The molecular weight excluding hydrogens is 292 g/mol. The van der Waals surface area contributed by atoms with Crippen LogP contribution in [0, 0.1) is 0 Å². The van der Waals surface area contributed by atoms with Crippen LogP contribution in [-0.2, 0) is 33.4 Å². The van der Waals surface area contributed by atoms with Crippen LogP contribution in [0.4, 0.5) is 0 Å². The van der Waals surface area contributed by atoms with Gasteiger partial charge < -0.3 is 14.2 Å². The molecular formula is C15H18O7. The van der Waals surface area contributed by atoms with Gasteiger partial charge >= 0.3 is 23.9 Å². The van der Waals surface area contributed by atoms with Crippen molar-refractivity contribution in [3.8, 4) is 0 Å². The molecule has 7 heteroatoms. The smallest absolute Gasteiger partial charge is 0.341 e. The van der Waals surface area contributed by atoms with Gasteiger partial charge in [0.2, 0.25) is 0 Å². The zero-order chi connectivity index (χ0) is 17.3. The minimum atomic E-state index is -0.588. The Labute approximate surface area is 128 Å². The number of cyclic esters (lactones) is 2. The Balaban J connectivity index is 0.000000461. The second-order valence-corrected chi connectivity index (χ2v) is 4.37. The van der Waals surface area contributed by atoms with E-state index in [4.69, 9.17) is 0 Å². The Hall–Kier alpha value is -2.70. The highest BCUT2D eigenvalue weighted by Gasteiger charge is 2.24. The van der Waals surface area contributed by atoms with Gasteiger partial charge in [0.15, 0.2) is 0 Å². The third kappa shape index (κ3) is 7.78. The summed E-state index contributed by atoms with van der Waals surface area (Å²) in [4.78, 5) is 42.1. The molecule has 120 valence electrons. The molecule has 22 heavy (non-hydrogen) atoms. The van der Waals surface area contributed by atoms with Crippen LogP contribution in [0.2, 0.25) is 0 Å². The van der Waals surface area contributed by atoms with E-state index in [1.807, 2.05) is 0 Å². The molecule has 0 N–H and O–H groups in total. The van der Waals surface area contributed by atoms with Gasteiger partial charge in [0.05, 0.1) is 6.42 Å². The van der Waals surface area contributed by atoms with Crippen molar-refractivity contribution in [2.75, 3.05) is 13.2 Å². The molecule has 1 aliphatic heterocycles. The van der Waals surface area contributed by atoms with Crippen LogP contribution in [0.25, 0.3) is 0 Å². The number of esters is 4. The molecule has 0 amide bonds. The minimum Gasteiger partial charge on any atom is -0.459 e. The highest BCUT2D eigenvalue weighted by atomic mass is 16.6. The lowest BCUT2D eigenvalue weighted by Crippen LogP contribution is -2.14. The molecule has 1 fully saturated rings. The molecule has 1 saturated heterocycles. The van der Waals surface area contributed by atoms with Gasteiger partial charge in [-0.1, -0.05) is 19.7 Å². The Morgan fingerprint density at radius 2 is 1.45 bits per heavy atom. The molecule has 0 radical (unpaired) electrons. The van der Waals surface area contributed by atoms with Crippen molar-refractivity contribution >= 4 is 23.9 Å². The van der Waals surface area contributed by atoms with Crippen LogP contribution >= 0.6 is 0 Å². The lowest BCUT2D eigenvalue weighted by molar-refractivity contribution is -0.151. The molecule has 0 bridgehead atoms. The second kappa shape index (κ2) is 9.28. The second-order valence-electron chi connectivity index (χ2n) is 4.37. The lowest BCUT2D eigenvalue weighted by Gasteiger charge is -2.05. The van der Waals surface area contributed by atoms with Crippen LogP contribution in [0.15, 0.2) is 36.5 Å². The Bertz CT molecular complexity index is 482. The van der Waals surface area contributed by atoms with Gasteiger partial charge in [-0.25, -0.2) is 14.4 Å². The van der Waals surface area contributed by atoms with Crippen molar-refractivity contribution < 1.29 is 33.4 Å². The monoisotopic (exact) mass is 310 g/mol. The molecule has 1 aliphatic rings. The fraction of sp³-hybridized carbons (Fsp3) is 0.333. The summed E-state index contributed by atoms with van der Waals surface area (Å²) in [6.45, 7) is 13.2. The van der Waals surface area contributed by atoms with E-state index in [9.17, 15) is 19.2 Å². The van der Waals surface area contributed by atoms with Crippen LogP contribution in [-0.4, -0.2) is 37.1 Å². The zero-order valence-corrected chi connectivity index (χ0v) is 12.6. The molecule has 0 unspecified atom stereocenters. The molecule has 0 saturated carbocycles. The summed E-state index contributed by atoms with van der Waals surface area (Å²) >= 11 is 0. The summed E-state index contributed by atoms with van der Waals surface area (Å²) in [5.74, 6) is -2.07. The van der Waals surface area contributed by atoms with E-state index >= 15 is 0 Å². The largest absolute Gasteiger partial charge is 0.459 e. The summed E-state index contributed by atoms with van der Waals surface area (Å²) in [5, 5.41) is 0. The van der Waals surface area contributed by atoms with Crippen molar-refractivity contribution in [2.45, 2.75) is 20.3 Å². The van der Waals surface area contributed by atoms with E-state index in [0.29, 0.717) is 11.1 Å². The van der Waals surface area contributed by atoms with Crippen LogP contribution < -0.4 is 0 Å². The molecule has 1 heterocycles. The van der Waals surface area contributed by atoms with Gasteiger partial charge in [-0.05, 0) is 13.8 Å². The van der Waals surface area contributed by atoms with Gasteiger partial charge in [0.1, 0.15) is 13.2 Å². The van der Waals surface area contributed by atoms with E-state index in [2.05, 4.69) is 33.9 Å². The van der Waals surface area contributed by atoms with Crippen molar-refractivity contribution in [1.82, 2.24) is 0 Å². The number of rotatable bonds is 5. The number of carbonyl (C=O) groups is 4. The molecule has 0 aromatic carbocycles. The van der Waals surface area contributed by atoms with E-state index < -0.39 is 23.9 Å². The zero-order valence-electron chi connectivity index (χ0n) is 12.6. The normalized spacial score (nSPS) is 12.7. The first-order valence-corrected chi connectivity index (χ1v) is 6.23. The first-order chi connectivity index (χ1) is 10.1. The number of carbonyl (C=O) groups excluding carboxylic acids is 4. The minimum absolute atomic E-state index is 0.0325. The highest BCUT2D eigenvalue weighted by molar-refractivity contribution is 6.05. The average molecular weight is 310 g/mol. The number of hydrogen-bond acceptors (Lipinski definition) is 7. The van der Waals surface area contributed by atoms with Crippen LogP contribution in [0.1, 0.15) is 20.3 Å². The summed E-state index contributed by atoms with van der Waals surface area (Å²) in [5.41, 5.74) is 0.877. The van der Waals surface area contributed by atoms with E-state index in [1.165, 1.54) is 0 Å². The van der Waals surface area contributed by atoms with Crippen molar-refractivity contribution in [3.05, 3.63) is 36.5 Å². The van der Waals surface area contributed by atoms with Gasteiger partial charge in [-0.3, -0.25) is 4.79 Å². The van der Waals surface area contributed by atoms with Gasteiger partial charge in [-0.2, -0.15) is 0 Å². The fourth-order valence-corrected chi connectivity index (χ4v) is 0.973. The molecule has 0 aromatic heterocycles. The maximum Gasteiger partial charge on any atom is 0.341 e. The quantitative estimate of drug-likeness (QED) is 0.248. The fourth-order valence-electron chi connectivity index (χ4n) is 0.973. The Morgan fingerprint density at radius 3 is 1.64 bits per heavy atom. The average Bonchev–Trinajstić information content (AvgIpc) is 2.71. The van der Waals surface area contributed by atoms with Crippen molar-refractivity contribution in [1.29, 1.82) is 0 Å². The molecule has 0 spiro atoms. The first-order valence-electron chi connectivity index (χ1n) is 6.23. The van der Waals surface area contributed by atoms with Gasteiger partial charge in [-0.15, -0.1) is 0 Å². The van der Waals surface area contributed by atoms with E-state index in [0.717, 1.165) is 0 Å². The topological polar surface area (TPSA) is 96.0 Å². The summed E-state index contributed by atoms with van der Waals surface area (Å²) < 4.78 is 13.5. The van der Waals surface area contributed by atoms with Crippen LogP contribution in [0.5, 0.6) is 0 Å². The first kappa shape index (κ1) is 19.3. The Morgan fingerprint density at radius 1 is 1.05 bits per heavy atom. The third-order valence-electron chi connectivity index (χ3n) is 2.10. The highest BCUT2D eigenvalue weighted by Crippen LogP contribution is 2.10. The van der Waals surface area contributed by atoms with Crippen molar-refractivity contribution in [3.63, 3.8) is 0 Å². The lowest BCUT2D eigenvalue weighted by atomic mass is 10.3. The Kier molecular flexibility index (Phi) is 8.14. The third-order valence-corrected chi connectivity index (χ3v) is 2.10. The van der Waals surface area contributed by atoms with Gasteiger partial charge in [0.25, 0.3) is 0 Å². The predicted octanol–water partition coefficient (Wildman–Crippen LogP) is 1.24. The summed E-state index contributed by atoms with van der Waals surface area (Å²) in [6, 6.07) is 0. The molecule has 0 aromatic rings. The SMILES string of the molecule is C=C(C)C(=O)OCCOC(=O)C(=C)C.C=C1CC(=O)OC1=O. The standard InChI is InChI=1S/C10H14O4.C5H4O3/c1-7(2)9(11)13-5-6-14-10(12)8(3)4;1-3-2-4(6)8-5(3)7/h1,3,5-6H2,2,4H3;1-2H2. The van der Waals surface area contributed by atoms with Crippen molar-refractivity contribution in [2.24, 2.45) is 0 Å². The predicted molar refractivity (Wildman–Crippen MR) is 76.4 cm³/mol. The number of hydrogen-bond donors (Lipinski definition) is 0. The molecule has 1 rings (SSSR count). The van der Waals surface area contributed by atoms with Gasteiger partial charge in [0, 0.05) is 16.7 Å². The van der Waals surface area contributed by atoms with Crippen LogP contribution in [0.3, 0.4) is 0 Å². The maximum absolute atomic E-state index is 10.8. The summed E-state index contributed by atoms with van der Waals surface area (Å²) in [7, 11) is 0. The van der Waals surface area contributed by atoms with E-state index in [1.54, 1.807) is 13.8 Å². The number of ether oxygens (including phenoxy) is 3.